The van der Waals surface area contributed by atoms with Crippen molar-refractivity contribution in [3.8, 4) is 5.75 Å². The lowest BCUT2D eigenvalue weighted by Gasteiger charge is -2.19. The Balaban J connectivity index is 1.42. The normalized spacial score (nSPS) is 22.7. The average Bonchev–Trinajstić information content (AvgIpc) is 2.86. The summed E-state index contributed by atoms with van der Waals surface area (Å²) in [5.41, 5.74) is 0. The summed E-state index contributed by atoms with van der Waals surface area (Å²) in [6, 6.07) is 6.93. The van der Waals surface area contributed by atoms with Crippen LogP contribution in [0.2, 0.25) is 5.02 Å². The number of halogens is 1. The molecule has 1 aliphatic heterocycles. The average molecular weight is 365 g/mol. The Morgan fingerprint density at radius 3 is 2.32 bits per heavy atom. The summed E-state index contributed by atoms with van der Waals surface area (Å²) in [5, 5.41) is 3.30. The van der Waals surface area contributed by atoms with Gasteiger partial charge in [-0.3, -0.25) is 19.3 Å². The summed E-state index contributed by atoms with van der Waals surface area (Å²) in [7, 11) is 0. The third kappa shape index (κ3) is 4.12. The summed E-state index contributed by atoms with van der Waals surface area (Å²) < 4.78 is 5.48. The summed E-state index contributed by atoms with van der Waals surface area (Å²) in [5.74, 6) is -0.512. The molecule has 1 saturated carbocycles. The molecule has 0 bridgehead atoms. The molecule has 2 unspecified atom stereocenters. The zero-order chi connectivity index (χ0) is 17.8. The lowest BCUT2D eigenvalue weighted by molar-refractivity contribution is -0.143. The number of fused-ring (bicyclic) bond motifs is 1. The first-order valence-corrected chi connectivity index (χ1v) is 8.94. The predicted molar refractivity (Wildman–Crippen MR) is 92.1 cm³/mol. The van der Waals surface area contributed by atoms with Crippen LogP contribution in [0.4, 0.5) is 0 Å². The number of carbonyl (C=O) groups excluding carboxylic acids is 3. The van der Waals surface area contributed by atoms with Crippen LogP contribution in [0.15, 0.2) is 24.3 Å². The number of hydrogen-bond acceptors (Lipinski definition) is 4. The van der Waals surface area contributed by atoms with Crippen molar-refractivity contribution in [1.82, 2.24) is 10.2 Å². The van der Waals surface area contributed by atoms with Crippen molar-refractivity contribution in [1.29, 1.82) is 0 Å². The maximum atomic E-state index is 12.3. The Hall–Kier alpha value is -2.08. The molecule has 134 valence electrons. The second-order valence-corrected chi connectivity index (χ2v) is 6.85. The van der Waals surface area contributed by atoms with E-state index in [1.54, 1.807) is 24.3 Å². The van der Waals surface area contributed by atoms with E-state index in [9.17, 15) is 14.4 Å². The molecule has 7 heteroatoms. The number of benzene rings is 1. The van der Waals surface area contributed by atoms with Crippen molar-refractivity contribution in [2.24, 2.45) is 11.8 Å². The molecule has 2 fully saturated rings. The van der Waals surface area contributed by atoms with Crippen LogP contribution in [0, 0.1) is 11.8 Å². The van der Waals surface area contributed by atoms with Crippen LogP contribution >= 0.6 is 11.6 Å². The van der Waals surface area contributed by atoms with Gasteiger partial charge >= 0.3 is 0 Å². The maximum Gasteiger partial charge on any atom is 0.240 e. The van der Waals surface area contributed by atoms with Gasteiger partial charge in [0, 0.05) is 5.02 Å². The van der Waals surface area contributed by atoms with Gasteiger partial charge in [-0.25, -0.2) is 0 Å². The number of nitrogens with one attached hydrogen (secondary N) is 1. The van der Waals surface area contributed by atoms with Crippen molar-refractivity contribution in [2.75, 3.05) is 19.7 Å². The van der Waals surface area contributed by atoms with Gasteiger partial charge in [-0.1, -0.05) is 24.4 Å². The van der Waals surface area contributed by atoms with Crippen molar-refractivity contribution in [2.45, 2.75) is 25.7 Å². The minimum absolute atomic E-state index is 0.192. The van der Waals surface area contributed by atoms with Crippen LogP contribution in [-0.2, 0) is 14.4 Å². The number of amides is 3. The van der Waals surface area contributed by atoms with Gasteiger partial charge < -0.3 is 10.1 Å². The first-order chi connectivity index (χ1) is 12.1. The molecule has 0 radical (unpaired) electrons. The fourth-order valence-electron chi connectivity index (χ4n) is 3.48. The van der Waals surface area contributed by atoms with Crippen molar-refractivity contribution in [3.05, 3.63) is 29.3 Å². The van der Waals surface area contributed by atoms with Gasteiger partial charge in [0.2, 0.25) is 17.7 Å². The van der Waals surface area contributed by atoms with E-state index in [-0.39, 0.29) is 36.1 Å². The van der Waals surface area contributed by atoms with E-state index in [4.69, 9.17) is 16.3 Å². The number of carbonyl (C=O) groups is 3. The second-order valence-electron chi connectivity index (χ2n) is 6.41. The molecule has 3 rings (SSSR count). The first kappa shape index (κ1) is 17.7. The molecule has 25 heavy (non-hydrogen) atoms. The van der Waals surface area contributed by atoms with Gasteiger partial charge in [0.1, 0.15) is 18.9 Å². The summed E-state index contributed by atoms with van der Waals surface area (Å²) in [6.45, 7) is 0.386. The molecule has 2 atom stereocenters. The zero-order valence-electron chi connectivity index (χ0n) is 13.9. The number of ether oxygens (including phenoxy) is 1. The highest BCUT2D eigenvalue weighted by Gasteiger charge is 2.48. The predicted octanol–water partition coefficient (Wildman–Crippen LogP) is 2.01. The SMILES string of the molecule is O=C(CN1C(=O)C2CCCCC2C1=O)NCCOc1ccc(Cl)cc1. The standard InChI is InChI=1S/C18H21ClN2O4/c19-12-5-7-13(8-6-12)25-10-9-20-16(22)11-21-17(23)14-3-1-2-4-15(14)18(21)24/h5-8,14-15H,1-4,9-11H2,(H,20,22). The third-order valence-electron chi connectivity index (χ3n) is 4.74. The van der Waals surface area contributed by atoms with E-state index in [0.29, 0.717) is 23.9 Å². The topological polar surface area (TPSA) is 75.7 Å². The van der Waals surface area contributed by atoms with E-state index in [0.717, 1.165) is 30.6 Å². The molecule has 1 heterocycles. The molecule has 1 N–H and O–H groups in total. The smallest absolute Gasteiger partial charge is 0.240 e. The summed E-state index contributed by atoms with van der Waals surface area (Å²) >= 11 is 5.79. The van der Waals surface area contributed by atoms with Crippen LogP contribution in [0.1, 0.15) is 25.7 Å². The summed E-state index contributed by atoms with van der Waals surface area (Å²) in [6.07, 6.45) is 3.45. The largest absolute Gasteiger partial charge is 0.492 e. The molecule has 0 spiro atoms. The highest BCUT2D eigenvalue weighted by molar-refractivity contribution is 6.30. The fraction of sp³-hybridized carbons (Fsp3) is 0.500. The zero-order valence-corrected chi connectivity index (χ0v) is 14.6. The fourth-order valence-corrected chi connectivity index (χ4v) is 3.60. The van der Waals surface area contributed by atoms with Gasteiger partial charge in [-0.2, -0.15) is 0 Å². The molecule has 0 aromatic heterocycles. The maximum absolute atomic E-state index is 12.3. The number of likely N-dealkylation sites (tertiary alicyclic amines) is 1. The van der Waals surface area contributed by atoms with Gasteiger partial charge in [0.25, 0.3) is 0 Å². The highest BCUT2D eigenvalue weighted by Crippen LogP contribution is 2.37. The van der Waals surface area contributed by atoms with E-state index in [2.05, 4.69) is 5.32 Å². The van der Waals surface area contributed by atoms with Gasteiger partial charge in [-0.05, 0) is 37.1 Å². The number of nitrogens with zero attached hydrogens (tertiary/aromatic N) is 1. The van der Waals surface area contributed by atoms with Crippen molar-refractivity contribution >= 4 is 29.3 Å². The molecule has 1 aromatic rings. The summed E-state index contributed by atoms with van der Waals surface area (Å²) in [4.78, 5) is 37.8. The van der Waals surface area contributed by atoms with Gasteiger partial charge in [0.15, 0.2) is 0 Å². The van der Waals surface area contributed by atoms with E-state index in [1.807, 2.05) is 0 Å². The van der Waals surface area contributed by atoms with E-state index in [1.165, 1.54) is 0 Å². The van der Waals surface area contributed by atoms with E-state index >= 15 is 0 Å². The Bertz CT molecular complexity index is 638. The molecule has 1 aliphatic carbocycles. The first-order valence-electron chi connectivity index (χ1n) is 8.56. The third-order valence-corrected chi connectivity index (χ3v) is 4.99. The minimum atomic E-state index is -0.347. The molecule has 1 saturated heterocycles. The highest BCUT2D eigenvalue weighted by atomic mass is 35.5. The molecule has 3 amide bonds. The molecular weight excluding hydrogens is 344 g/mol. The van der Waals surface area contributed by atoms with Crippen LogP contribution < -0.4 is 10.1 Å². The van der Waals surface area contributed by atoms with Crippen molar-refractivity contribution < 1.29 is 19.1 Å². The number of imide groups is 1. The number of hydrogen-bond donors (Lipinski definition) is 1. The Morgan fingerprint density at radius 1 is 1.12 bits per heavy atom. The molecule has 2 aliphatic rings. The van der Waals surface area contributed by atoms with Crippen LogP contribution in [0.5, 0.6) is 5.75 Å². The van der Waals surface area contributed by atoms with Crippen LogP contribution in [-0.4, -0.2) is 42.3 Å². The van der Waals surface area contributed by atoms with Crippen LogP contribution in [0.3, 0.4) is 0 Å². The van der Waals surface area contributed by atoms with Crippen LogP contribution in [0.25, 0.3) is 0 Å². The molecule has 1 aromatic carbocycles. The molecular formula is C18H21ClN2O4. The Morgan fingerprint density at radius 2 is 1.72 bits per heavy atom. The lowest BCUT2D eigenvalue weighted by Crippen LogP contribution is -2.42. The monoisotopic (exact) mass is 364 g/mol. The van der Waals surface area contributed by atoms with Gasteiger partial charge in [0.05, 0.1) is 18.4 Å². The van der Waals surface area contributed by atoms with Gasteiger partial charge in [-0.15, -0.1) is 0 Å². The Kier molecular flexibility index (Phi) is 5.58. The number of rotatable bonds is 6. The molecule has 6 nitrogen and oxygen atoms in total. The quantitative estimate of drug-likeness (QED) is 0.619. The van der Waals surface area contributed by atoms with Crippen molar-refractivity contribution in [3.63, 3.8) is 0 Å². The Labute approximate surface area is 151 Å². The minimum Gasteiger partial charge on any atom is -0.492 e. The second kappa shape index (κ2) is 7.87. The van der Waals surface area contributed by atoms with E-state index < -0.39 is 0 Å². The lowest BCUT2D eigenvalue weighted by atomic mass is 9.81.